The summed E-state index contributed by atoms with van der Waals surface area (Å²) >= 11 is 3.36. The van der Waals surface area contributed by atoms with Crippen LogP contribution in [0.4, 0.5) is 13.2 Å². The molecule has 35 heavy (non-hydrogen) atoms. The van der Waals surface area contributed by atoms with Crippen molar-refractivity contribution >= 4 is 27.5 Å². The fourth-order valence-corrected chi connectivity index (χ4v) is 3.84. The summed E-state index contributed by atoms with van der Waals surface area (Å²) in [6.45, 7) is 1.77. The van der Waals surface area contributed by atoms with Crippen molar-refractivity contribution in [2.45, 2.75) is 19.1 Å². The lowest BCUT2D eigenvalue weighted by molar-refractivity contribution is -0.142. The van der Waals surface area contributed by atoms with E-state index in [-0.39, 0.29) is 16.9 Å². The third-order valence-electron chi connectivity index (χ3n) is 5.40. The zero-order valence-corrected chi connectivity index (χ0v) is 20.4. The van der Waals surface area contributed by atoms with Gasteiger partial charge >= 0.3 is 6.18 Å². The highest BCUT2D eigenvalue weighted by atomic mass is 79.9. The molecular weight excluding hydrogens is 529 g/mol. The lowest BCUT2D eigenvalue weighted by atomic mass is 10.1. The number of aromatic nitrogens is 3. The molecule has 7 nitrogen and oxygen atoms in total. The van der Waals surface area contributed by atoms with Gasteiger partial charge in [-0.3, -0.25) is 4.79 Å². The first-order valence-corrected chi connectivity index (χ1v) is 11.2. The number of nitrogens with zero attached hydrogens (tertiary/aromatic N) is 3. The highest BCUT2D eigenvalue weighted by molar-refractivity contribution is 9.10. The van der Waals surface area contributed by atoms with Crippen molar-refractivity contribution in [1.82, 2.24) is 19.9 Å². The summed E-state index contributed by atoms with van der Waals surface area (Å²) in [5.41, 5.74) is -0.181. The second-order valence-corrected chi connectivity index (χ2v) is 8.55. The van der Waals surface area contributed by atoms with Crippen LogP contribution in [0.25, 0.3) is 16.9 Å². The lowest BCUT2D eigenvalue weighted by Crippen LogP contribution is -2.26. The molecule has 1 N–H and O–H groups in total. The van der Waals surface area contributed by atoms with Gasteiger partial charge in [-0.25, -0.2) is 9.50 Å². The van der Waals surface area contributed by atoms with E-state index in [1.807, 2.05) is 24.3 Å². The Hall–Kier alpha value is -3.60. The zero-order chi connectivity index (χ0) is 25.3. The van der Waals surface area contributed by atoms with Crippen molar-refractivity contribution in [2.24, 2.45) is 0 Å². The number of halogens is 4. The molecule has 4 rings (SSSR count). The number of amides is 1. The summed E-state index contributed by atoms with van der Waals surface area (Å²) in [7, 11) is 2.88. The van der Waals surface area contributed by atoms with Crippen LogP contribution >= 0.6 is 15.9 Å². The Bertz CT molecular complexity index is 1390. The highest BCUT2D eigenvalue weighted by Gasteiger charge is 2.36. The summed E-state index contributed by atoms with van der Waals surface area (Å²) in [4.78, 5) is 17.4. The Morgan fingerprint density at radius 3 is 2.37 bits per heavy atom. The van der Waals surface area contributed by atoms with E-state index < -0.39 is 23.8 Å². The molecule has 0 saturated heterocycles. The fourth-order valence-electron chi connectivity index (χ4n) is 3.58. The molecular formula is C24H20BrF3N4O3. The number of hydrogen-bond donors (Lipinski definition) is 1. The lowest BCUT2D eigenvalue weighted by Gasteiger charge is -2.15. The summed E-state index contributed by atoms with van der Waals surface area (Å²) in [6, 6.07) is 12.5. The van der Waals surface area contributed by atoms with Crippen LogP contribution in [0.5, 0.6) is 11.5 Å². The number of rotatable bonds is 6. The van der Waals surface area contributed by atoms with Gasteiger partial charge in [-0.1, -0.05) is 28.1 Å². The molecule has 1 unspecified atom stereocenters. The van der Waals surface area contributed by atoms with Gasteiger partial charge in [0.1, 0.15) is 5.56 Å². The summed E-state index contributed by atoms with van der Waals surface area (Å²) in [5, 5.41) is 6.61. The topological polar surface area (TPSA) is 77.8 Å². The predicted molar refractivity (Wildman–Crippen MR) is 127 cm³/mol. The van der Waals surface area contributed by atoms with Crippen LogP contribution in [0.2, 0.25) is 0 Å². The molecule has 0 spiro atoms. The number of hydrogen-bond acceptors (Lipinski definition) is 5. The molecule has 1 atom stereocenters. The second-order valence-electron chi connectivity index (χ2n) is 7.63. The van der Waals surface area contributed by atoms with Gasteiger partial charge < -0.3 is 14.8 Å². The second kappa shape index (κ2) is 9.57. The SMILES string of the molecule is COc1ccc(-c2cc(C(F)(F)F)n3ncc(C(=O)NC(C)c4ccc(Br)cc4)c3n2)cc1OC. The number of methoxy groups -OCH3 is 2. The smallest absolute Gasteiger partial charge is 0.433 e. The Balaban J connectivity index is 1.79. The molecule has 11 heteroatoms. The van der Waals surface area contributed by atoms with Crippen LogP contribution < -0.4 is 14.8 Å². The summed E-state index contributed by atoms with van der Waals surface area (Å²) in [5.74, 6) is 0.148. The number of carbonyl (C=O) groups is 1. The van der Waals surface area contributed by atoms with E-state index in [2.05, 4.69) is 31.3 Å². The Kier molecular flexibility index (Phi) is 6.70. The molecule has 2 aromatic heterocycles. The third-order valence-corrected chi connectivity index (χ3v) is 5.93. The molecule has 0 aliphatic rings. The van der Waals surface area contributed by atoms with Gasteiger partial charge in [-0.05, 0) is 48.9 Å². The van der Waals surface area contributed by atoms with Gasteiger partial charge in [0.15, 0.2) is 22.8 Å². The van der Waals surface area contributed by atoms with Crippen molar-refractivity contribution in [3.05, 3.63) is 76.0 Å². The third kappa shape index (κ3) is 4.95. The molecule has 0 radical (unpaired) electrons. The highest BCUT2D eigenvalue weighted by Crippen LogP contribution is 2.36. The maximum Gasteiger partial charge on any atom is 0.433 e. The molecule has 0 aliphatic carbocycles. The van der Waals surface area contributed by atoms with Crippen LogP contribution in [0.15, 0.2) is 59.2 Å². The molecule has 1 amide bonds. The van der Waals surface area contributed by atoms with Gasteiger partial charge in [0, 0.05) is 10.0 Å². The van der Waals surface area contributed by atoms with Crippen molar-refractivity contribution in [3.63, 3.8) is 0 Å². The minimum Gasteiger partial charge on any atom is -0.493 e. The van der Waals surface area contributed by atoms with Crippen LogP contribution in [0.1, 0.15) is 34.6 Å². The minimum atomic E-state index is -4.74. The molecule has 2 aromatic carbocycles. The van der Waals surface area contributed by atoms with E-state index >= 15 is 0 Å². The maximum atomic E-state index is 13.9. The van der Waals surface area contributed by atoms with Crippen molar-refractivity contribution in [1.29, 1.82) is 0 Å². The monoisotopic (exact) mass is 548 g/mol. The van der Waals surface area contributed by atoms with Crippen molar-refractivity contribution in [2.75, 3.05) is 14.2 Å². The number of ether oxygens (including phenoxy) is 2. The summed E-state index contributed by atoms with van der Waals surface area (Å²) in [6.07, 6.45) is -3.66. The predicted octanol–water partition coefficient (Wildman–Crippen LogP) is 5.69. The average Bonchev–Trinajstić information content (AvgIpc) is 3.26. The molecule has 0 fully saturated rings. The van der Waals surface area contributed by atoms with Gasteiger partial charge in [0.05, 0.1) is 32.2 Å². The Labute approximate surface area is 207 Å². The van der Waals surface area contributed by atoms with E-state index in [1.165, 1.54) is 20.3 Å². The normalized spacial score (nSPS) is 12.4. The Morgan fingerprint density at radius 2 is 1.74 bits per heavy atom. The van der Waals surface area contributed by atoms with E-state index in [9.17, 15) is 18.0 Å². The zero-order valence-electron chi connectivity index (χ0n) is 18.9. The molecule has 2 heterocycles. The number of carbonyl (C=O) groups excluding carboxylic acids is 1. The first kappa shape index (κ1) is 24.5. The van der Waals surface area contributed by atoms with E-state index in [1.54, 1.807) is 19.1 Å². The number of nitrogens with one attached hydrogen (secondary N) is 1. The minimum absolute atomic E-state index is 0.00119. The first-order valence-electron chi connectivity index (χ1n) is 10.4. The maximum absolute atomic E-state index is 13.9. The van der Waals surface area contributed by atoms with Gasteiger partial charge in [0.2, 0.25) is 0 Å². The molecule has 182 valence electrons. The van der Waals surface area contributed by atoms with Crippen molar-refractivity contribution < 1.29 is 27.4 Å². The van der Waals surface area contributed by atoms with Gasteiger partial charge in [-0.2, -0.15) is 18.3 Å². The van der Waals surface area contributed by atoms with E-state index in [0.717, 1.165) is 22.3 Å². The van der Waals surface area contributed by atoms with E-state index in [0.29, 0.717) is 21.6 Å². The fraction of sp³-hybridized carbons (Fsp3) is 0.208. The molecule has 0 bridgehead atoms. The molecule has 4 aromatic rings. The van der Waals surface area contributed by atoms with Gasteiger partial charge in [-0.15, -0.1) is 0 Å². The Morgan fingerprint density at radius 1 is 1.06 bits per heavy atom. The van der Waals surface area contributed by atoms with Crippen molar-refractivity contribution in [3.8, 4) is 22.8 Å². The number of alkyl halides is 3. The number of fused-ring (bicyclic) bond motifs is 1. The average molecular weight is 549 g/mol. The van der Waals surface area contributed by atoms with Gasteiger partial charge in [0.25, 0.3) is 5.91 Å². The standard InChI is InChI=1S/C24H20BrF3N4O3/c1-13(14-4-7-16(25)8-5-14)30-23(33)17-12-29-32-21(24(26,27)28)11-18(31-22(17)32)15-6-9-19(34-2)20(10-15)35-3/h4-13H,1-3H3,(H,30,33). The number of benzene rings is 2. The molecule has 0 aliphatic heterocycles. The quantitative estimate of drug-likeness (QED) is 0.335. The van der Waals surface area contributed by atoms with Crippen LogP contribution in [-0.4, -0.2) is 34.7 Å². The van der Waals surface area contributed by atoms with Crippen LogP contribution in [-0.2, 0) is 6.18 Å². The van der Waals surface area contributed by atoms with E-state index in [4.69, 9.17) is 9.47 Å². The first-order chi connectivity index (χ1) is 16.6. The largest absolute Gasteiger partial charge is 0.493 e. The molecule has 0 saturated carbocycles. The van der Waals surface area contributed by atoms with Crippen LogP contribution in [0.3, 0.4) is 0 Å². The summed E-state index contributed by atoms with van der Waals surface area (Å²) < 4.78 is 53.7. The van der Waals surface area contributed by atoms with Crippen LogP contribution in [0, 0.1) is 0 Å².